The largest absolute Gasteiger partial charge is 0.310 e. The average Bonchev–Trinajstić information content (AvgIpc) is 2.38. The number of aromatic nitrogens is 1. The quantitative estimate of drug-likeness (QED) is 0.804. The molecule has 0 spiro atoms. The van der Waals surface area contributed by atoms with Crippen LogP contribution >= 0.6 is 31.9 Å². The zero-order valence-electron chi connectivity index (χ0n) is 9.60. The summed E-state index contributed by atoms with van der Waals surface area (Å²) in [6, 6.07) is 9.12. The van der Waals surface area contributed by atoms with Crippen molar-refractivity contribution in [2.24, 2.45) is 0 Å². The summed E-state index contributed by atoms with van der Waals surface area (Å²) in [5.41, 5.74) is 1.38. The maximum Gasteiger partial charge on any atom is 0.259 e. The molecule has 0 aliphatic rings. The van der Waals surface area contributed by atoms with Gasteiger partial charge in [-0.1, -0.05) is 15.9 Å². The number of amides is 1. The maximum atomic E-state index is 12.3. The Morgan fingerprint density at radius 2 is 2.06 bits per heavy atom. The fourth-order valence-electron chi connectivity index (χ4n) is 1.51. The lowest BCUT2D eigenvalue weighted by Crippen LogP contribution is -2.26. The number of halogens is 2. The fourth-order valence-corrected chi connectivity index (χ4v) is 2.73. The molecule has 92 valence electrons. The third kappa shape index (κ3) is 2.79. The van der Waals surface area contributed by atoms with Crippen LogP contribution in [0.4, 0.5) is 5.69 Å². The minimum atomic E-state index is -0.0811. The summed E-state index contributed by atoms with van der Waals surface area (Å²) >= 11 is 6.76. The molecule has 0 N–H and O–H groups in total. The van der Waals surface area contributed by atoms with E-state index in [2.05, 4.69) is 36.8 Å². The molecule has 0 aliphatic carbocycles. The number of nitrogens with zero attached hydrogens (tertiary/aromatic N) is 2. The first kappa shape index (κ1) is 13.2. The first-order chi connectivity index (χ1) is 8.59. The van der Waals surface area contributed by atoms with Crippen molar-refractivity contribution in [2.75, 3.05) is 11.9 Å². The topological polar surface area (TPSA) is 33.2 Å². The summed E-state index contributed by atoms with van der Waals surface area (Å²) in [6.45, 7) is 0. The van der Waals surface area contributed by atoms with E-state index in [-0.39, 0.29) is 5.91 Å². The van der Waals surface area contributed by atoms with Gasteiger partial charge < -0.3 is 4.90 Å². The Morgan fingerprint density at radius 1 is 1.28 bits per heavy atom. The zero-order valence-corrected chi connectivity index (χ0v) is 12.8. The molecule has 1 aromatic carbocycles. The van der Waals surface area contributed by atoms with Gasteiger partial charge in [0.2, 0.25) is 0 Å². The van der Waals surface area contributed by atoms with Crippen molar-refractivity contribution in [3.8, 4) is 0 Å². The maximum absolute atomic E-state index is 12.3. The van der Waals surface area contributed by atoms with Crippen molar-refractivity contribution >= 4 is 43.5 Å². The highest BCUT2D eigenvalue weighted by Crippen LogP contribution is 2.24. The molecule has 0 fully saturated rings. The zero-order chi connectivity index (χ0) is 13.1. The second-order valence-corrected chi connectivity index (χ2v) is 5.47. The molecule has 0 aliphatic heterocycles. The van der Waals surface area contributed by atoms with Crippen molar-refractivity contribution in [3.63, 3.8) is 0 Å². The Kier molecular flexibility index (Phi) is 4.14. The number of rotatable bonds is 2. The van der Waals surface area contributed by atoms with Crippen LogP contribution in [0.25, 0.3) is 0 Å². The molecular weight excluding hydrogens is 360 g/mol. The first-order valence-corrected chi connectivity index (χ1v) is 6.81. The van der Waals surface area contributed by atoms with Crippen LogP contribution in [0.1, 0.15) is 10.4 Å². The van der Waals surface area contributed by atoms with Crippen LogP contribution in [0.5, 0.6) is 0 Å². The van der Waals surface area contributed by atoms with E-state index in [0.717, 1.165) is 14.6 Å². The van der Waals surface area contributed by atoms with Gasteiger partial charge in [-0.25, -0.2) is 0 Å². The van der Waals surface area contributed by atoms with E-state index in [1.165, 1.54) is 0 Å². The van der Waals surface area contributed by atoms with Crippen LogP contribution in [0.15, 0.2) is 51.7 Å². The number of carbonyl (C=O) groups excluding carboxylic acids is 1. The van der Waals surface area contributed by atoms with Crippen molar-refractivity contribution in [1.82, 2.24) is 4.98 Å². The predicted molar refractivity (Wildman–Crippen MR) is 78.8 cm³/mol. The fraction of sp³-hybridized carbons (Fsp3) is 0.0769. The van der Waals surface area contributed by atoms with Crippen LogP contribution in [0.2, 0.25) is 0 Å². The summed E-state index contributed by atoms with van der Waals surface area (Å²) in [5, 5.41) is 0. The Balaban J connectivity index is 2.32. The number of hydrogen-bond acceptors (Lipinski definition) is 2. The lowest BCUT2D eigenvalue weighted by molar-refractivity contribution is 0.0992. The molecule has 0 atom stereocenters. The molecule has 0 radical (unpaired) electrons. The Bertz CT molecular complexity index is 572. The van der Waals surface area contributed by atoms with E-state index in [4.69, 9.17) is 0 Å². The van der Waals surface area contributed by atoms with Crippen molar-refractivity contribution in [3.05, 3.63) is 57.2 Å². The summed E-state index contributed by atoms with van der Waals surface area (Å²) < 4.78 is 1.69. The van der Waals surface area contributed by atoms with E-state index in [1.807, 2.05) is 18.2 Å². The normalized spacial score (nSPS) is 10.2. The molecule has 1 heterocycles. The highest BCUT2D eigenvalue weighted by Gasteiger charge is 2.16. The van der Waals surface area contributed by atoms with Gasteiger partial charge in [-0.15, -0.1) is 0 Å². The molecule has 5 heteroatoms. The van der Waals surface area contributed by atoms with E-state index >= 15 is 0 Å². The number of anilines is 1. The average molecular weight is 370 g/mol. The van der Waals surface area contributed by atoms with Gasteiger partial charge in [0.15, 0.2) is 0 Å². The highest BCUT2D eigenvalue weighted by atomic mass is 79.9. The number of pyridine rings is 1. The van der Waals surface area contributed by atoms with E-state index in [9.17, 15) is 4.79 Å². The summed E-state index contributed by atoms with van der Waals surface area (Å²) in [4.78, 5) is 17.9. The summed E-state index contributed by atoms with van der Waals surface area (Å²) in [5.74, 6) is -0.0811. The Hall–Kier alpha value is -1.20. The van der Waals surface area contributed by atoms with Crippen molar-refractivity contribution in [2.45, 2.75) is 0 Å². The summed E-state index contributed by atoms with van der Waals surface area (Å²) in [6.07, 6.45) is 3.34. The van der Waals surface area contributed by atoms with Gasteiger partial charge in [0, 0.05) is 22.2 Å². The van der Waals surface area contributed by atoms with Gasteiger partial charge >= 0.3 is 0 Å². The third-order valence-electron chi connectivity index (χ3n) is 2.50. The summed E-state index contributed by atoms with van der Waals surface area (Å²) in [7, 11) is 1.73. The molecule has 0 saturated carbocycles. The van der Waals surface area contributed by atoms with Crippen molar-refractivity contribution in [1.29, 1.82) is 0 Å². The standard InChI is InChI=1S/C13H10Br2N2O/c1-17(10-3-2-6-16-8-10)13(18)11-5-4-9(14)7-12(11)15/h2-8H,1H3. The highest BCUT2D eigenvalue weighted by molar-refractivity contribution is 9.11. The van der Waals surface area contributed by atoms with Gasteiger partial charge in [0.05, 0.1) is 17.4 Å². The van der Waals surface area contributed by atoms with Gasteiger partial charge in [0.25, 0.3) is 5.91 Å². The smallest absolute Gasteiger partial charge is 0.259 e. The molecule has 0 bridgehead atoms. The lowest BCUT2D eigenvalue weighted by Gasteiger charge is -2.17. The molecule has 1 amide bonds. The van der Waals surface area contributed by atoms with Crippen molar-refractivity contribution < 1.29 is 4.79 Å². The minimum absolute atomic E-state index is 0.0811. The van der Waals surface area contributed by atoms with Crippen LogP contribution < -0.4 is 4.90 Å². The molecule has 1 aromatic heterocycles. The molecule has 18 heavy (non-hydrogen) atoms. The second kappa shape index (κ2) is 5.63. The van der Waals surface area contributed by atoms with E-state index in [0.29, 0.717) is 5.56 Å². The molecule has 2 aromatic rings. The lowest BCUT2D eigenvalue weighted by atomic mass is 10.2. The third-order valence-corrected chi connectivity index (χ3v) is 3.65. The van der Waals surface area contributed by atoms with Crippen LogP contribution in [0.3, 0.4) is 0 Å². The van der Waals surface area contributed by atoms with Gasteiger partial charge in [-0.05, 0) is 46.3 Å². The Morgan fingerprint density at radius 3 is 2.67 bits per heavy atom. The van der Waals surface area contributed by atoms with Gasteiger partial charge in [-0.2, -0.15) is 0 Å². The molecule has 0 saturated heterocycles. The SMILES string of the molecule is CN(C(=O)c1ccc(Br)cc1Br)c1cccnc1. The monoisotopic (exact) mass is 368 g/mol. The van der Waals surface area contributed by atoms with Crippen LogP contribution in [-0.2, 0) is 0 Å². The molecule has 2 rings (SSSR count). The van der Waals surface area contributed by atoms with E-state index < -0.39 is 0 Å². The van der Waals surface area contributed by atoms with Crippen LogP contribution in [-0.4, -0.2) is 17.9 Å². The van der Waals surface area contributed by atoms with Gasteiger partial charge in [-0.3, -0.25) is 9.78 Å². The van der Waals surface area contributed by atoms with Crippen LogP contribution in [0, 0.1) is 0 Å². The molecular formula is C13H10Br2N2O. The Labute approximate surface area is 122 Å². The number of benzene rings is 1. The number of hydrogen-bond donors (Lipinski definition) is 0. The first-order valence-electron chi connectivity index (χ1n) is 5.22. The van der Waals surface area contributed by atoms with E-state index in [1.54, 1.807) is 36.5 Å². The predicted octanol–water partition coefficient (Wildman–Crippen LogP) is 3.88. The minimum Gasteiger partial charge on any atom is -0.310 e. The molecule has 0 unspecified atom stereocenters. The second-order valence-electron chi connectivity index (χ2n) is 3.70. The molecule has 3 nitrogen and oxygen atoms in total. The number of carbonyl (C=O) groups is 1. The van der Waals surface area contributed by atoms with Gasteiger partial charge in [0.1, 0.15) is 0 Å².